The van der Waals surface area contributed by atoms with Gasteiger partial charge in [-0.3, -0.25) is 9.69 Å². The second-order valence-electron chi connectivity index (χ2n) is 5.49. The number of rotatable bonds is 4. The summed E-state index contributed by atoms with van der Waals surface area (Å²) >= 11 is 0. The quantitative estimate of drug-likeness (QED) is 0.833. The molecule has 20 heavy (non-hydrogen) atoms. The first-order valence-electron chi connectivity index (χ1n) is 7.11. The molecule has 3 N–H and O–H groups in total. The summed E-state index contributed by atoms with van der Waals surface area (Å²) in [4.78, 5) is 14.1. The molecule has 0 unspecified atom stereocenters. The van der Waals surface area contributed by atoms with E-state index in [1.807, 2.05) is 7.05 Å². The van der Waals surface area contributed by atoms with Gasteiger partial charge in [0.05, 0.1) is 17.9 Å². The molecule has 2 rings (SSSR count). The highest BCUT2D eigenvalue weighted by Gasteiger charge is 2.20. The fourth-order valence-electron chi connectivity index (χ4n) is 2.70. The predicted octanol–water partition coefficient (Wildman–Crippen LogP) is 2.61. The van der Waals surface area contributed by atoms with Crippen molar-refractivity contribution in [1.82, 2.24) is 4.90 Å². The highest BCUT2D eigenvalue weighted by molar-refractivity contribution is 5.95. The first-order valence-corrected chi connectivity index (χ1v) is 7.11. The number of benzene rings is 1. The molecular weight excluding hydrogens is 257 g/mol. The van der Waals surface area contributed by atoms with Crippen LogP contribution >= 0.6 is 0 Å². The Balaban J connectivity index is 1.89. The Hall–Kier alpha value is -1.62. The molecule has 110 valence electrons. The average Bonchev–Trinajstić information content (AvgIpc) is 2.43. The number of halogens is 1. The number of carbonyl (C=O) groups is 1. The Morgan fingerprint density at radius 1 is 1.40 bits per heavy atom. The molecule has 5 heteroatoms. The minimum absolute atomic E-state index is 0.157. The van der Waals surface area contributed by atoms with Crippen LogP contribution in [0.5, 0.6) is 0 Å². The van der Waals surface area contributed by atoms with Gasteiger partial charge in [-0.25, -0.2) is 4.39 Å². The summed E-state index contributed by atoms with van der Waals surface area (Å²) in [5, 5.41) is 2.68. The number of carbonyl (C=O) groups excluding carboxylic acids is 1. The van der Waals surface area contributed by atoms with Gasteiger partial charge in [-0.1, -0.05) is 19.3 Å². The minimum Gasteiger partial charge on any atom is -0.397 e. The highest BCUT2D eigenvalue weighted by Crippen LogP contribution is 2.22. The number of nitrogens with one attached hydrogen (secondary N) is 1. The summed E-state index contributed by atoms with van der Waals surface area (Å²) in [6.45, 7) is 0.306. The maximum absolute atomic E-state index is 13.1. The van der Waals surface area contributed by atoms with Crippen molar-refractivity contribution in [2.45, 2.75) is 38.1 Å². The largest absolute Gasteiger partial charge is 0.397 e. The van der Waals surface area contributed by atoms with Crippen molar-refractivity contribution in [3.63, 3.8) is 0 Å². The van der Waals surface area contributed by atoms with E-state index in [0.29, 0.717) is 24.0 Å². The summed E-state index contributed by atoms with van der Waals surface area (Å²) < 4.78 is 13.1. The fourth-order valence-corrected chi connectivity index (χ4v) is 2.70. The lowest BCUT2D eigenvalue weighted by molar-refractivity contribution is -0.117. The van der Waals surface area contributed by atoms with Crippen LogP contribution in [-0.4, -0.2) is 30.4 Å². The van der Waals surface area contributed by atoms with E-state index in [1.165, 1.54) is 37.5 Å². The maximum Gasteiger partial charge on any atom is 0.238 e. The molecule has 0 saturated heterocycles. The van der Waals surface area contributed by atoms with Crippen LogP contribution in [0.15, 0.2) is 18.2 Å². The van der Waals surface area contributed by atoms with Gasteiger partial charge < -0.3 is 11.1 Å². The molecule has 0 bridgehead atoms. The molecule has 0 atom stereocenters. The molecule has 1 fully saturated rings. The Morgan fingerprint density at radius 2 is 2.10 bits per heavy atom. The normalized spacial score (nSPS) is 16.4. The van der Waals surface area contributed by atoms with Crippen molar-refractivity contribution in [3.05, 3.63) is 24.0 Å². The van der Waals surface area contributed by atoms with Gasteiger partial charge in [0, 0.05) is 6.04 Å². The topological polar surface area (TPSA) is 58.4 Å². The molecule has 1 aromatic carbocycles. The molecule has 4 nitrogen and oxygen atoms in total. The van der Waals surface area contributed by atoms with Crippen molar-refractivity contribution in [2.24, 2.45) is 0 Å². The van der Waals surface area contributed by atoms with E-state index in [4.69, 9.17) is 5.73 Å². The van der Waals surface area contributed by atoms with Gasteiger partial charge in [0.1, 0.15) is 5.82 Å². The van der Waals surface area contributed by atoms with Gasteiger partial charge >= 0.3 is 0 Å². The molecule has 1 aliphatic rings. The molecular formula is C15H22FN3O. The fraction of sp³-hybridized carbons (Fsp3) is 0.533. The molecule has 0 spiro atoms. The lowest BCUT2D eigenvalue weighted by atomic mass is 9.94. The lowest BCUT2D eigenvalue weighted by Crippen LogP contribution is -2.39. The van der Waals surface area contributed by atoms with Crippen LogP contribution in [0.4, 0.5) is 15.8 Å². The van der Waals surface area contributed by atoms with Crippen molar-refractivity contribution >= 4 is 17.3 Å². The molecule has 0 aliphatic heterocycles. The monoisotopic (exact) mass is 279 g/mol. The molecule has 0 aromatic heterocycles. The van der Waals surface area contributed by atoms with Crippen LogP contribution in [0.3, 0.4) is 0 Å². The molecule has 0 radical (unpaired) electrons. The first-order chi connectivity index (χ1) is 9.56. The molecule has 1 saturated carbocycles. The van der Waals surface area contributed by atoms with Crippen molar-refractivity contribution in [2.75, 3.05) is 24.6 Å². The van der Waals surface area contributed by atoms with E-state index < -0.39 is 5.82 Å². The second-order valence-corrected chi connectivity index (χ2v) is 5.49. The van der Waals surface area contributed by atoms with E-state index in [0.717, 1.165) is 12.8 Å². The third-order valence-electron chi connectivity index (χ3n) is 3.88. The van der Waals surface area contributed by atoms with Crippen molar-refractivity contribution < 1.29 is 9.18 Å². The van der Waals surface area contributed by atoms with Crippen LogP contribution in [-0.2, 0) is 4.79 Å². The lowest BCUT2D eigenvalue weighted by Gasteiger charge is -2.30. The Labute approximate surface area is 119 Å². The molecule has 1 aliphatic carbocycles. The summed E-state index contributed by atoms with van der Waals surface area (Å²) in [5.41, 5.74) is 6.43. The minimum atomic E-state index is -0.407. The zero-order valence-corrected chi connectivity index (χ0v) is 11.9. The Bertz CT molecular complexity index is 472. The number of likely N-dealkylation sites (N-methyl/N-ethyl adjacent to an activating group) is 1. The second kappa shape index (κ2) is 6.70. The first kappa shape index (κ1) is 14.8. The Kier molecular flexibility index (Phi) is 4.95. The van der Waals surface area contributed by atoms with Crippen molar-refractivity contribution in [3.8, 4) is 0 Å². The van der Waals surface area contributed by atoms with Gasteiger partial charge in [0.25, 0.3) is 0 Å². The summed E-state index contributed by atoms with van der Waals surface area (Å²) in [5.74, 6) is -0.564. The van der Waals surface area contributed by atoms with Gasteiger partial charge in [0.15, 0.2) is 0 Å². The van der Waals surface area contributed by atoms with Crippen LogP contribution in [0.2, 0.25) is 0 Å². The average molecular weight is 279 g/mol. The number of hydrogen-bond donors (Lipinski definition) is 2. The highest BCUT2D eigenvalue weighted by atomic mass is 19.1. The van der Waals surface area contributed by atoms with Crippen LogP contribution < -0.4 is 11.1 Å². The van der Waals surface area contributed by atoms with E-state index in [2.05, 4.69) is 10.2 Å². The number of nitrogens with two attached hydrogens (primary N) is 1. The maximum atomic E-state index is 13.1. The third-order valence-corrected chi connectivity index (χ3v) is 3.88. The van der Waals surface area contributed by atoms with Crippen molar-refractivity contribution in [1.29, 1.82) is 0 Å². The van der Waals surface area contributed by atoms with Crippen LogP contribution in [0, 0.1) is 5.82 Å². The number of hydrogen-bond acceptors (Lipinski definition) is 3. The van der Waals surface area contributed by atoms with Crippen LogP contribution in [0.25, 0.3) is 0 Å². The molecule has 1 aromatic rings. The van der Waals surface area contributed by atoms with Gasteiger partial charge in [-0.05, 0) is 38.1 Å². The van der Waals surface area contributed by atoms with Gasteiger partial charge in [-0.2, -0.15) is 0 Å². The number of nitrogen functional groups attached to an aromatic ring is 1. The van der Waals surface area contributed by atoms with E-state index >= 15 is 0 Å². The van der Waals surface area contributed by atoms with Crippen LogP contribution in [0.1, 0.15) is 32.1 Å². The zero-order chi connectivity index (χ0) is 14.5. The van der Waals surface area contributed by atoms with Gasteiger partial charge in [-0.15, -0.1) is 0 Å². The predicted molar refractivity (Wildman–Crippen MR) is 78.9 cm³/mol. The number of nitrogens with zero attached hydrogens (tertiary/aromatic N) is 1. The summed E-state index contributed by atoms with van der Waals surface area (Å²) in [6, 6.07) is 4.45. The molecule has 1 amide bonds. The summed E-state index contributed by atoms with van der Waals surface area (Å²) in [6.07, 6.45) is 6.04. The number of anilines is 2. The summed E-state index contributed by atoms with van der Waals surface area (Å²) in [7, 11) is 1.96. The SMILES string of the molecule is CN(CC(=O)Nc1cc(F)ccc1N)C1CCCCC1. The smallest absolute Gasteiger partial charge is 0.238 e. The standard InChI is InChI=1S/C15H22FN3O/c1-19(12-5-3-2-4-6-12)10-15(20)18-14-9-11(16)7-8-13(14)17/h7-9,12H,2-6,10,17H2,1H3,(H,18,20). The van der Waals surface area contributed by atoms with E-state index in [9.17, 15) is 9.18 Å². The zero-order valence-electron chi connectivity index (χ0n) is 11.9. The van der Waals surface area contributed by atoms with E-state index in [-0.39, 0.29) is 5.91 Å². The third kappa shape index (κ3) is 3.93. The van der Waals surface area contributed by atoms with Gasteiger partial charge in [0.2, 0.25) is 5.91 Å². The molecule has 0 heterocycles. The number of amides is 1. The Morgan fingerprint density at radius 3 is 2.80 bits per heavy atom. The van der Waals surface area contributed by atoms with E-state index in [1.54, 1.807) is 0 Å².